The predicted octanol–water partition coefficient (Wildman–Crippen LogP) is 2.65. The summed E-state index contributed by atoms with van der Waals surface area (Å²) in [6.45, 7) is 5.44. The Morgan fingerprint density at radius 3 is 2.45 bits per heavy atom. The van der Waals surface area contributed by atoms with Gasteiger partial charge in [-0.15, -0.1) is 0 Å². The monoisotopic (exact) mass is 274 g/mol. The molecule has 2 heterocycles. The number of furan rings is 1. The molecule has 0 bridgehead atoms. The lowest BCUT2D eigenvalue weighted by Gasteiger charge is -1.99. The van der Waals surface area contributed by atoms with Crippen LogP contribution in [0.1, 0.15) is 51.3 Å². The predicted molar refractivity (Wildman–Crippen MR) is 74.0 cm³/mol. The van der Waals surface area contributed by atoms with Crippen molar-refractivity contribution in [3.8, 4) is 0 Å². The van der Waals surface area contributed by atoms with E-state index in [9.17, 15) is 9.59 Å². The molecule has 0 aliphatic heterocycles. The van der Waals surface area contributed by atoms with E-state index in [1.54, 1.807) is 37.8 Å². The molecule has 0 fully saturated rings. The minimum Gasteiger partial charge on any atom is -0.466 e. The zero-order chi connectivity index (χ0) is 14.9. The highest BCUT2D eigenvalue weighted by Gasteiger charge is 2.21. The number of Topliss-reactive ketones (excluding diaryl/α,β-unsaturated/α-hetero) is 2. The molecule has 2 aromatic rings. The number of ketones is 2. The molecule has 0 aliphatic rings. The second kappa shape index (κ2) is 5.45. The van der Waals surface area contributed by atoms with Crippen molar-refractivity contribution in [1.82, 2.24) is 9.78 Å². The van der Waals surface area contributed by atoms with E-state index in [1.807, 2.05) is 6.92 Å². The summed E-state index contributed by atoms with van der Waals surface area (Å²) >= 11 is 0. The number of carbonyl (C=O) groups excluding carboxylic acids is 2. The molecule has 0 atom stereocenters. The van der Waals surface area contributed by atoms with E-state index in [-0.39, 0.29) is 18.0 Å². The molecule has 2 rings (SSSR count). The number of aryl methyl sites for hydroxylation is 4. The maximum absolute atomic E-state index is 12.2. The SMILES string of the molecule is CCc1nn(C)cc1C(=O)CC(=O)c1cc(C)oc1C. The van der Waals surface area contributed by atoms with E-state index < -0.39 is 0 Å². The molecule has 0 radical (unpaired) electrons. The first-order valence-corrected chi connectivity index (χ1v) is 6.58. The topological polar surface area (TPSA) is 65.1 Å². The van der Waals surface area contributed by atoms with Crippen LogP contribution in [0.4, 0.5) is 0 Å². The van der Waals surface area contributed by atoms with E-state index in [4.69, 9.17) is 4.42 Å². The van der Waals surface area contributed by atoms with Crippen LogP contribution in [0.3, 0.4) is 0 Å². The van der Waals surface area contributed by atoms with E-state index in [1.165, 1.54) is 0 Å². The summed E-state index contributed by atoms with van der Waals surface area (Å²) in [6, 6.07) is 1.68. The Hall–Kier alpha value is -2.17. The van der Waals surface area contributed by atoms with Gasteiger partial charge in [-0.2, -0.15) is 5.10 Å². The smallest absolute Gasteiger partial charge is 0.174 e. The minimum atomic E-state index is -0.213. The summed E-state index contributed by atoms with van der Waals surface area (Å²) in [7, 11) is 1.77. The van der Waals surface area contributed by atoms with Gasteiger partial charge in [0.2, 0.25) is 0 Å². The maximum Gasteiger partial charge on any atom is 0.174 e. The van der Waals surface area contributed by atoms with Gasteiger partial charge in [0, 0.05) is 13.2 Å². The van der Waals surface area contributed by atoms with Gasteiger partial charge in [-0.25, -0.2) is 0 Å². The molecular weight excluding hydrogens is 256 g/mol. The van der Waals surface area contributed by atoms with Crippen LogP contribution in [0, 0.1) is 13.8 Å². The van der Waals surface area contributed by atoms with Crippen LogP contribution in [0.15, 0.2) is 16.7 Å². The summed E-state index contributed by atoms with van der Waals surface area (Å²) in [5.41, 5.74) is 1.74. The lowest BCUT2D eigenvalue weighted by Crippen LogP contribution is -2.10. The van der Waals surface area contributed by atoms with Gasteiger partial charge in [0.1, 0.15) is 11.5 Å². The first-order chi connectivity index (χ1) is 9.42. The van der Waals surface area contributed by atoms with Crippen LogP contribution >= 0.6 is 0 Å². The number of aromatic nitrogens is 2. The summed E-state index contributed by atoms with van der Waals surface area (Å²) in [5.74, 6) is 0.824. The van der Waals surface area contributed by atoms with Crippen LogP contribution < -0.4 is 0 Å². The average Bonchev–Trinajstić information content (AvgIpc) is 2.91. The second-order valence-corrected chi connectivity index (χ2v) is 4.87. The van der Waals surface area contributed by atoms with Crippen molar-refractivity contribution >= 4 is 11.6 Å². The van der Waals surface area contributed by atoms with Gasteiger partial charge in [-0.05, 0) is 26.3 Å². The minimum absolute atomic E-state index is 0.154. The van der Waals surface area contributed by atoms with Crippen LogP contribution in [0.25, 0.3) is 0 Å². The van der Waals surface area contributed by atoms with Gasteiger partial charge < -0.3 is 4.42 Å². The van der Waals surface area contributed by atoms with E-state index in [2.05, 4.69) is 5.10 Å². The molecule has 0 unspecified atom stereocenters. The summed E-state index contributed by atoms with van der Waals surface area (Å²) in [4.78, 5) is 24.4. The molecular formula is C15H18N2O3. The molecule has 0 saturated heterocycles. The molecule has 0 saturated carbocycles. The average molecular weight is 274 g/mol. The highest BCUT2D eigenvalue weighted by molar-refractivity contribution is 6.14. The van der Waals surface area contributed by atoms with Crippen LogP contribution in [-0.2, 0) is 13.5 Å². The normalized spacial score (nSPS) is 10.8. The Bertz CT molecular complexity index is 665. The summed E-state index contributed by atoms with van der Waals surface area (Å²) in [6.07, 6.45) is 2.18. The highest BCUT2D eigenvalue weighted by atomic mass is 16.3. The Morgan fingerprint density at radius 2 is 1.90 bits per heavy atom. The molecule has 0 amide bonds. The first kappa shape index (κ1) is 14.2. The largest absolute Gasteiger partial charge is 0.466 e. The van der Waals surface area contributed by atoms with Crippen molar-refractivity contribution in [1.29, 1.82) is 0 Å². The number of hydrogen-bond donors (Lipinski definition) is 0. The van der Waals surface area contributed by atoms with Crippen molar-refractivity contribution in [2.45, 2.75) is 33.6 Å². The number of rotatable bonds is 5. The van der Waals surface area contributed by atoms with Crippen molar-refractivity contribution in [3.05, 3.63) is 40.6 Å². The molecule has 0 aromatic carbocycles. The van der Waals surface area contributed by atoms with Crippen LogP contribution in [0.5, 0.6) is 0 Å². The Labute approximate surface area is 117 Å². The third kappa shape index (κ3) is 2.71. The molecule has 0 spiro atoms. The second-order valence-electron chi connectivity index (χ2n) is 4.87. The molecule has 0 aliphatic carbocycles. The summed E-state index contributed by atoms with van der Waals surface area (Å²) < 4.78 is 6.92. The lowest BCUT2D eigenvalue weighted by atomic mass is 10.0. The van der Waals surface area contributed by atoms with Gasteiger partial charge >= 0.3 is 0 Å². The highest BCUT2D eigenvalue weighted by Crippen LogP contribution is 2.18. The fourth-order valence-electron chi connectivity index (χ4n) is 2.27. The van der Waals surface area contributed by atoms with Crippen molar-refractivity contribution in [2.75, 3.05) is 0 Å². The fourth-order valence-corrected chi connectivity index (χ4v) is 2.27. The van der Waals surface area contributed by atoms with Gasteiger partial charge in [-0.1, -0.05) is 6.92 Å². The molecule has 2 aromatic heterocycles. The van der Waals surface area contributed by atoms with E-state index >= 15 is 0 Å². The molecule has 5 nitrogen and oxygen atoms in total. The number of hydrogen-bond acceptors (Lipinski definition) is 4. The first-order valence-electron chi connectivity index (χ1n) is 6.58. The molecule has 5 heteroatoms. The van der Waals surface area contributed by atoms with Crippen molar-refractivity contribution in [3.63, 3.8) is 0 Å². The van der Waals surface area contributed by atoms with Gasteiger partial charge in [0.25, 0.3) is 0 Å². The van der Waals surface area contributed by atoms with Gasteiger partial charge in [-0.3, -0.25) is 14.3 Å². The van der Waals surface area contributed by atoms with E-state index in [0.717, 1.165) is 5.69 Å². The fraction of sp³-hybridized carbons (Fsp3) is 0.400. The van der Waals surface area contributed by atoms with E-state index in [0.29, 0.717) is 29.1 Å². The molecule has 20 heavy (non-hydrogen) atoms. The van der Waals surface area contributed by atoms with Crippen molar-refractivity contribution in [2.24, 2.45) is 7.05 Å². The third-order valence-electron chi connectivity index (χ3n) is 3.20. The van der Waals surface area contributed by atoms with Crippen LogP contribution in [-0.4, -0.2) is 21.3 Å². The Morgan fingerprint density at radius 1 is 1.25 bits per heavy atom. The Balaban J connectivity index is 2.19. The van der Waals surface area contributed by atoms with Gasteiger partial charge in [0.05, 0.1) is 23.2 Å². The lowest BCUT2D eigenvalue weighted by molar-refractivity contribution is 0.0893. The zero-order valence-electron chi connectivity index (χ0n) is 12.2. The zero-order valence-corrected chi connectivity index (χ0v) is 12.2. The van der Waals surface area contributed by atoms with Gasteiger partial charge in [0.15, 0.2) is 11.6 Å². The number of carbonyl (C=O) groups is 2. The molecule has 0 N–H and O–H groups in total. The number of nitrogens with zero attached hydrogens (tertiary/aromatic N) is 2. The standard InChI is InChI=1S/C15H18N2O3/c1-5-13-12(8-17(4)16-13)15(19)7-14(18)11-6-9(2)20-10(11)3/h6,8H,5,7H2,1-4H3. The third-order valence-corrected chi connectivity index (χ3v) is 3.20. The quantitative estimate of drug-likeness (QED) is 0.621. The van der Waals surface area contributed by atoms with Crippen LogP contribution in [0.2, 0.25) is 0 Å². The summed E-state index contributed by atoms with van der Waals surface area (Å²) in [5, 5.41) is 4.22. The molecule has 106 valence electrons. The Kier molecular flexibility index (Phi) is 3.88. The maximum atomic E-state index is 12.2. The van der Waals surface area contributed by atoms with Crippen molar-refractivity contribution < 1.29 is 14.0 Å².